The van der Waals surface area contributed by atoms with E-state index in [1.165, 1.54) is 15.6 Å². The van der Waals surface area contributed by atoms with E-state index in [0.29, 0.717) is 15.6 Å². The number of halogens is 1. The first-order valence-electron chi connectivity index (χ1n) is 9.25. The van der Waals surface area contributed by atoms with Crippen LogP contribution in [-0.2, 0) is 23.1 Å². The number of anilines is 2. The van der Waals surface area contributed by atoms with Crippen molar-refractivity contribution in [1.82, 2.24) is 19.3 Å². The molecule has 0 radical (unpaired) electrons. The van der Waals surface area contributed by atoms with Gasteiger partial charge in [0.05, 0.1) is 13.2 Å². The molecule has 4 rings (SSSR count). The lowest BCUT2D eigenvalue weighted by atomic mass is 10.1. The number of ether oxygens (including phenoxy) is 1. The van der Waals surface area contributed by atoms with Crippen molar-refractivity contribution < 1.29 is 9.53 Å². The fourth-order valence-corrected chi connectivity index (χ4v) is 3.98. The number of carbonyl (C=O) groups excluding carboxylic acids is 1. The summed E-state index contributed by atoms with van der Waals surface area (Å²) in [5.74, 6) is -0.296. The predicted molar refractivity (Wildman–Crippen MR) is 113 cm³/mol. The van der Waals surface area contributed by atoms with Crippen LogP contribution in [0.5, 0.6) is 0 Å². The van der Waals surface area contributed by atoms with Crippen LogP contribution in [0.15, 0.2) is 33.9 Å². The maximum absolute atomic E-state index is 12.7. The Kier molecular flexibility index (Phi) is 5.37. The Hall–Kier alpha value is -2.72. The highest BCUT2D eigenvalue weighted by Gasteiger charge is 2.16. The smallest absolute Gasteiger partial charge is 0.266 e. The number of rotatable bonds is 4. The molecule has 3 aromatic rings. The second-order valence-corrected chi connectivity index (χ2v) is 7.69. The summed E-state index contributed by atoms with van der Waals surface area (Å²) in [5, 5.41) is 7.38. The highest BCUT2D eigenvalue weighted by Crippen LogP contribution is 2.23. The van der Waals surface area contributed by atoms with Crippen LogP contribution in [0.1, 0.15) is 5.56 Å². The molecule has 1 aliphatic rings. The monoisotopic (exact) mass is 460 g/mol. The maximum Gasteiger partial charge on any atom is 0.266 e. The molecule has 1 aliphatic heterocycles. The quantitative estimate of drug-likeness (QED) is 0.636. The molecule has 1 amide bonds. The second-order valence-electron chi connectivity index (χ2n) is 6.94. The van der Waals surface area contributed by atoms with Gasteiger partial charge >= 0.3 is 0 Å². The Morgan fingerprint density at radius 1 is 1.31 bits per heavy atom. The van der Waals surface area contributed by atoms with Gasteiger partial charge in [-0.1, -0.05) is 0 Å². The van der Waals surface area contributed by atoms with Crippen LogP contribution in [0.4, 0.5) is 11.4 Å². The molecule has 10 heteroatoms. The number of amides is 1. The SMILES string of the molecule is Cc1cc(N2CCOCC2)ccc1NC(=O)Cn1cnc2c(c(Br)nn2C)c1=O. The molecule has 152 valence electrons. The Bertz CT molecular complexity index is 1130. The summed E-state index contributed by atoms with van der Waals surface area (Å²) < 4.78 is 8.60. The number of carbonyl (C=O) groups is 1. The van der Waals surface area contributed by atoms with Gasteiger partial charge in [-0.05, 0) is 46.6 Å². The summed E-state index contributed by atoms with van der Waals surface area (Å²) in [4.78, 5) is 31.7. The van der Waals surface area contributed by atoms with Crippen LogP contribution in [0.2, 0.25) is 0 Å². The lowest BCUT2D eigenvalue weighted by molar-refractivity contribution is -0.116. The number of nitrogens with zero attached hydrogens (tertiary/aromatic N) is 5. The number of fused-ring (bicyclic) bond motifs is 1. The van der Waals surface area contributed by atoms with E-state index in [9.17, 15) is 9.59 Å². The number of hydrogen-bond acceptors (Lipinski definition) is 6. The van der Waals surface area contributed by atoms with Crippen molar-refractivity contribution in [2.75, 3.05) is 36.5 Å². The van der Waals surface area contributed by atoms with Crippen molar-refractivity contribution in [2.24, 2.45) is 7.05 Å². The molecule has 1 N–H and O–H groups in total. The Balaban J connectivity index is 1.50. The van der Waals surface area contributed by atoms with E-state index in [-0.39, 0.29) is 18.0 Å². The Labute approximate surface area is 175 Å². The fraction of sp³-hybridized carbons (Fsp3) is 0.368. The van der Waals surface area contributed by atoms with E-state index in [2.05, 4.69) is 36.2 Å². The molecule has 0 aliphatic carbocycles. The fourth-order valence-electron chi connectivity index (χ4n) is 3.40. The predicted octanol–water partition coefficient (Wildman–Crippen LogP) is 1.68. The molecule has 2 aromatic heterocycles. The van der Waals surface area contributed by atoms with Gasteiger partial charge in [0.15, 0.2) is 5.65 Å². The second kappa shape index (κ2) is 7.96. The normalized spacial score (nSPS) is 14.4. The zero-order valence-corrected chi connectivity index (χ0v) is 17.8. The number of morpholine rings is 1. The molecular weight excluding hydrogens is 440 g/mol. The molecule has 0 bridgehead atoms. The largest absolute Gasteiger partial charge is 0.378 e. The minimum Gasteiger partial charge on any atom is -0.378 e. The van der Waals surface area contributed by atoms with Gasteiger partial charge in [0.2, 0.25) is 5.91 Å². The number of aryl methyl sites for hydroxylation is 2. The van der Waals surface area contributed by atoms with Gasteiger partial charge in [-0.25, -0.2) is 9.67 Å². The molecule has 1 fully saturated rings. The minimum atomic E-state index is -0.315. The molecule has 29 heavy (non-hydrogen) atoms. The van der Waals surface area contributed by atoms with E-state index in [1.807, 2.05) is 25.1 Å². The number of nitrogens with one attached hydrogen (secondary N) is 1. The number of hydrogen-bond donors (Lipinski definition) is 1. The minimum absolute atomic E-state index is 0.131. The first-order chi connectivity index (χ1) is 13.9. The molecule has 1 saturated heterocycles. The van der Waals surface area contributed by atoms with E-state index in [1.54, 1.807) is 7.05 Å². The van der Waals surface area contributed by atoms with Crippen molar-refractivity contribution in [3.63, 3.8) is 0 Å². The van der Waals surface area contributed by atoms with E-state index in [4.69, 9.17) is 4.74 Å². The van der Waals surface area contributed by atoms with Crippen LogP contribution < -0.4 is 15.8 Å². The molecule has 0 unspecified atom stereocenters. The number of benzene rings is 1. The van der Waals surface area contributed by atoms with Crippen LogP contribution in [-0.4, -0.2) is 51.5 Å². The first-order valence-corrected chi connectivity index (χ1v) is 10.0. The summed E-state index contributed by atoms with van der Waals surface area (Å²) in [6, 6.07) is 5.92. The van der Waals surface area contributed by atoms with Gasteiger partial charge in [0.25, 0.3) is 5.56 Å². The lowest BCUT2D eigenvalue weighted by Gasteiger charge is -2.29. The van der Waals surface area contributed by atoms with E-state index >= 15 is 0 Å². The number of aromatic nitrogens is 4. The average Bonchev–Trinajstić information content (AvgIpc) is 3.00. The summed E-state index contributed by atoms with van der Waals surface area (Å²) in [6.07, 6.45) is 1.37. The highest BCUT2D eigenvalue weighted by molar-refractivity contribution is 9.10. The van der Waals surface area contributed by atoms with Crippen molar-refractivity contribution >= 4 is 44.2 Å². The Morgan fingerprint density at radius 2 is 2.07 bits per heavy atom. The van der Waals surface area contributed by atoms with Crippen molar-refractivity contribution in [1.29, 1.82) is 0 Å². The van der Waals surface area contributed by atoms with Gasteiger partial charge in [-0.2, -0.15) is 5.10 Å². The van der Waals surface area contributed by atoms with Crippen molar-refractivity contribution in [2.45, 2.75) is 13.5 Å². The molecule has 0 atom stereocenters. The summed E-state index contributed by atoms with van der Waals surface area (Å²) in [7, 11) is 1.71. The molecule has 0 spiro atoms. The van der Waals surface area contributed by atoms with E-state index in [0.717, 1.165) is 43.2 Å². The molecular formula is C19H21BrN6O3. The topological polar surface area (TPSA) is 94.3 Å². The van der Waals surface area contributed by atoms with Gasteiger partial charge < -0.3 is 15.0 Å². The third kappa shape index (κ3) is 3.90. The van der Waals surface area contributed by atoms with Crippen LogP contribution in [0.3, 0.4) is 0 Å². The molecule has 3 heterocycles. The highest BCUT2D eigenvalue weighted by atomic mass is 79.9. The molecule has 9 nitrogen and oxygen atoms in total. The van der Waals surface area contributed by atoms with Gasteiger partial charge in [-0.3, -0.25) is 14.2 Å². The zero-order chi connectivity index (χ0) is 20.5. The van der Waals surface area contributed by atoms with Gasteiger partial charge in [0, 0.05) is 31.5 Å². The summed E-state index contributed by atoms with van der Waals surface area (Å²) in [6.45, 7) is 4.97. The summed E-state index contributed by atoms with van der Waals surface area (Å²) >= 11 is 3.27. The van der Waals surface area contributed by atoms with Crippen LogP contribution in [0, 0.1) is 6.92 Å². The zero-order valence-electron chi connectivity index (χ0n) is 16.2. The van der Waals surface area contributed by atoms with E-state index < -0.39 is 0 Å². The first kappa shape index (κ1) is 19.6. The van der Waals surface area contributed by atoms with Crippen LogP contribution >= 0.6 is 15.9 Å². The molecule has 1 aromatic carbocycles. The van der Waals surface area contributed by atoms with Gasteiger partial charge in [-0.15, -0.1) is 0 Å². The third-order valence-corrected chi connectivity index (χ3v) is 5.50. The van der Waals surface area contributed by atoms with Crippen molar-refractivity contribution in [3.05, 3.63) is 45.0 Å². The standard InChI is InChI=1S/C19H21BrN6O3/c1-12-9-13(25-5-7-29-8-6-25)3-4-14(12)22-15(27)10-26-11-21-18-16(19(26)28)17(20)23-24(18)2/h3-4,9,11H,5-8,10H2,1-2H3,(H,22,27). The maximum atomic E-state index is 12.7. The van der Waals surface area contributed by atoms with Crippen molar-refractivity contribution in [3.8, 4) is 0 Å². The Morgan fingerprint density at radius 3 is 2.79 bits per heavy atom. The average molecular weight is 461 g/mol. The third-order valence-electron chi connectivity index (χ3n) is 4.94. The lowest BCUT2D eigenvalue weighted by Crippen LogP contribution is -2.36. The van der Waals surface area contributed by atoms with Crippen LogP contribution in [0.25, 0.3) is 11.0 Å². The summed E-state index contributed by atoms with van der Waals surface area (Å²) in [5.41, 5.74) is 2.93. The molecule has 0 saturated carbocycles. The van der Waals surface area contributed by atoms with Gasteiger partial charge in [0.1, 0.15) is 22.9 Å².